The van der Waals surface area contributed by atoms with E-state index in [4.69, 9.17) is 4.43 Å². The van der Waals surface area contributed by atoms with E-state index in [1.807, 2.05) is 0 Å². The molecule has 6 rings (SSSR count). The van der Waals surface area contributed by atoms with Gasteiger partial charge in [0.05, 0.1) is 6.10 Å². The van der Waals surface area contributed by atoms with E-state index in [2.05, 4.69) is 115 Å². The third-order valence-corrected chi connectivity index (χ3v) is 18.4. The predicted octanol–water partition coefficient (Wildman–Crippen LogP) is 9.70. The molecule has 4 saturated carbocycles. The molecule has 0 heterocycles. The van der Waals surface area contributed by atoms with Gasteiger partial charge in [0, 0.05) is 11.5 Å². The van der Waals surface area contributed by atoms with Gasteiger partial charge in [-0.2, -0.15) is 0 Å². The van der Waals surface area contributed by atoms with Gasteiger partial charge in [0.15, 0.2) is 0 Å². The summed E-state index contributed by atoms with van der Waals surface area (Å²) in [7, 11) is -2.59. The first kappa shape index (κ1) is 33.2. The molecule has 45 heavy (non-hydrogen) atoms. The van der Waals surface area contributed by atoms with Crippen LogP contribution < -0.4 is 10.4 Å². The zero-order chi connectivity index (χ0) is 32.0. The van der Waals surface area contributed by atoms with Crippen LogP contribution in [0.2, 0.25) is 5.04 Å². The van der Waals surface area contributed by atoms with Gasteiger partial charge in [0.2, 0.25) is 0 Å². The molecule has 0 spiro atoms. The molecule has 246 valence electrons. The molecule has 3 heteroatoms. The van der Waals surface area contributed by atoms with Crippen molar-refractivity contribution in [3.63, 3.8) is 0 Å². The van der Waals surface area contributed by atoms with Crippen LogP contribution in [-0.4, -0.2) is 25.6 Å². The summed E-state index contributed by atoms with van der Waals surface area (Å²) in [6, 6.07) is 22.2. The molecule has 0 saturated heterocycles. The SMILES string of the molecule is CC(C)CCC[C@@H](C)[C@H]1CC[C@H]2/C(=C/C(O)[C@@]34C[C@@H](O[Si](c5ccccc5)(c5ccccc5)C(C)(C)C)C[C@H]3C4)CCC[C@]12C. The van der Waals surface area contributed by atoms with Crippen LogP contribution in [0.5, 0.6) is 0 Å². The molecule has 1 N–H and O–H groups in total. The van der Waals surface area contributed by atoms with Gasteiger partial charge >= 0.3 is 0 Å². The number of aliphatic hydroxyl groups excluding tert-OH is 1. The summed E-state index contributed by atoms with van der Waals surface area (Å²) in [5.74, 6) is 3.70. The number of benzene rings is 2. The first-order valence-corrected chi connectivity index (χ1v) is 20.5. The lowest BCUT2D eigenvalue weighted by atomic mass is 9.60. The Hall–Kier alpha value is -1.68. The highest BCUT2D eigenvalue weighted by atomic mass is 28.4. The van der Waals surface area contributed by atoms with Crippen LogP contribution in [0.1, 0.15) is 119 Å². The lowest BCUT2D eigenvalue weighted by Crippen LogP contribution is -2.67. The summed E-state index contributed by atoms with van der Waals surface area (Å²) >= 11 is 0. The van der Waals surface area contributed by atoms with Crippen molar-refractivity contribution < 1.29 is 9.53 Å². The Balaban J connectivity index is 1.20. The van der Waals surface area contributed by atoms with Crippen LogP contribution in [0, 0.1) is 40.4 Å². The molecule has 4 aliphatic rings. The third kappa shape index (κ3) is 6.09. The van der Waals surface area contributed by atoms with Crippen molar-refractivity contribution in [2.24, 2.45) is 40.4 Å². The summed E-state index contributed by atoms with van der Waals surface area (Å²) in [6.45, 7) is 17.0. The molecule has 0 bridgehead atoms. The number of hydrogen-bond donors (Lipinski definition) is 1. The second kappa shape index (κ2) is 12.7. The second-order valence-corrected chi connectivity index (χ2v) is 21.8. The van der Waals surface area contributed by atoms with Crippen LogP contribution in [-0.2, 0) is 4.43 Å². The van der Waals surface area contributed by atoms with Gasteiger partial charge in [-0.15, -0.1) is 0 Å². The van der Waals surface area contributed by atoms with Crippen molar-refractivity contribution in [2.45, 2.75) is 136 Å². The molecular formula is C42H62O2Si. The maximum absolute atomic E-state index is 12.0. The summed E-state index contributed by atoms with van der Waals surface area (Å²) in [6.07, 6.45) is 16.2. The maximum Gasteiger partial charge on any atom is 0.261 e. The molecule has 0 aromatic heterocycles. The van der Waals surface area contributed by atoms with E-state index < -0.39 is 8.32 Å². The van der Waals surface area contributed by atoms with Gasteiger partial charge in [-0.25, -0.2) is 0 Å². The Morgan fingerprint density at radius 1 is 0.933 bits per heavy atom. The monoisotopic (exact) mass is 626 g/mol. The van der Waals surface area contributed by atoms with E-state index in [0.29, 0.717) is 17.3 Å². The van der Waals surface area contributed by atoms with E-state index in [-0.39, 0.29) is 22.7 Å². The standard InChI is InChI=1S/C42H62O2Si/c1-30(2)16-14-17-31(3)37-23-24-38-32(18-15-25-41(37,38)7)26-39(43)42-28-33(42)27-34(29-42)44-45(40(4,5)6,35-19-10-8-11-20-35)36-21-12-9-13-22-36/h8-13,19-22,26,30-31,33-34,37-39,43H,14-18,23-25,27-29H2,1-7H3/b32-26+/t31-,33+,34+,37-,38+,39?,41-,42+/m1/s1. The highest BCUT2D eigenvalue weighted by molar-refractivity contribution is 6.99. The summed E-state index contributed by atoms with van der Waals surface area (Å²) in [5, 5.41) is 14.7. The van der Waals surface area contributed by atoms with Gasteiger partial charge in [-0.05, 0) is 102 Å². The Morgan fingerprint density at radius 2 is 1.58 bits per heavy atom. The number of allylic oxidation sites excluding steroid dienone is 1. The molecule has 4 aliphatic carbocycles. The smallest absolute Gasteiger partial charge is 0.261 e. The molecule has 0 aliphatic heterocycles. The van der Waals surface area contributed by atoms with Crippen molar-refractivity contribution in [2.75, 3.05) is 0 Å². The quantitative estimate of drug-likeness (QED) is 0.199. The van der Waals surface area contributed by atoms with Crippen LogP contribution in [0.15, 0.2) is 72.3 Å². The number of rotatable bonds is 11. The molecule has 1 unspecified atom stereocenters. The predicted molar refractivity (Wildman–Crippen MR) is 192 cm³/mol. The van der Waals surface area contributed by atoms with Crippen LogP contribution >= 0.6 is 0 Å². The summed E-state index contributed by atoms with van der Waals surface area (Å²) in [5.41, 5.74) is 2.02. The molecule has 4 fully saturated rings. The van der Waals surface area contributed by atoms with E-state index in [1.165, 1.54) is 61.7 Å². The van der Waals surface area contributed by atoms with Gasteiger partial charge in [0.25, 0.3) is 8.32 Å². The highest BCUT2D eigenvalue weighted by Gasteiger charge is 2.65. The molecular weight excluding hydrogens is 565 g/mol. The van der Waals surface area contributed by atoms with Crippen molar-refractivity contribution in [1.82, 2.24) is 0 Å². The molecule has 2 aromatic rings. The average Bonchev–Trinajstić information content (AvgIpc) is 3.38. The van der Waals surface area contributed by atoms with E-state index >= 15 is 0 Å². The highest BCUT2D eigenvalue weighted by Crippen LogP contribution is 2.67. The van der Waals surface area contributed by atoms with Crippen molar-refractivity contribution >= 4 is 18.7 Å². The number of hydrogen-bond acceptors (Lipinski definition) is 2. The first-order valence-electron chi connectivity index (χ1n) is 18.6. The second-order valence-electron chi connectivity index (χ2n) is 17.6. The Bertz CT molecular complexity index is 1270. The fourth-order valence-corrected chi connectivity index (χ4v) is 15.6. The number of aliphatic hydroxyl groups is 1. The van der Waals surface area contributed by atoms with Crippen molar-refractivity contribution in [3.8, 4) is 0 Å². The van der Waals surface area contributed by atoms with Crippen LogP contribution in [0.3, 0.4) is 0 Å². The van der Waals surface area contributed by atoms with Crippen molar-refractivity contribution in [1.29, 1.82) is 0 Å². The topological polar surface area (TPSA) is 29.5 Å². The maximum atomic E-state index is 12.0. The molecule has 0 amide bonds. The van der Waals surface area contributed by atoms with Gasteiger partial charge in [0.1, 0.15) is 0 Å². The largest absolute Gasteiger partial charge is 0.404 e. The van der Waals surface area contributed by atoms with E-state index in [9.17, 15) is 5.11 Å². The van der Waals surface area contributed by atoms with Gasteiger partial charge in [-0.1, -0.05) is 140 Å². The normalized spacial score (nSPS) is 33.7. The Labute approximate surface area is 276 Å². The summed E-state index contributed by atoms with van der Waals surface area (Å²) in [4.78, 5) is 0. The van der Waals surface area contributed by atoms with E-state index in [0.717, 1.165) is 37.0 Å². The van der Waals surface area contributed by atoms with Crippen LogP contribution in [0.25, 0.3) is 0 Å². The lowest BCUT2D eigenvalue weighted by molar-refractivity contribution is 0.0852. The molecule has 2 nitrogen and oxygen atoms in total. The van der Waals surface area contributed by atoms with Gasteiger partial charge in [-0.3, -0.25) is 0 Å². The van der Waals surface area contributed by atoms with Crippen LogP contribution in [0.4, 0.5) is 0 Å². The third-order valence-electron chi connectivity index (χ3n) is 13.3. The molecule has 0 radical (unpaired) electrons. The van der Waals surface area contributed by atoms with Crippen molar-refractivity contribution in [3.05, 3.63) is 72.3 Å². The Kier molecular flexibility index (Phi) is 9.40. The zero-order valence-electron chi connectivity index (χ0n) is 29.5. The molecule has 2 aromatic carbocycles. The van der Waals surface area contributed by atoms with E-state index in [1.54, 1.807) is 5.57 Å². The fourth-order valence-electron chi connectivity index (χ4n) is 10.9. The zero-order valence-corrected chi connectivity index (χ0v) is 30.5. The minimum atomic E-state index is -2.59. The minimum absolute atomic E-state index is 0.0130. The average molecular weight is 627 g/mol. The van der Waals surface area contributed by atoms with Gasteiger partial charge < -0.3 is 9.53 Å². The fraction of sp³-hybridized carbons (Fsp3) is 0.667. The molecule has 8 atom stereocenters. The lowest BCUT2D eigenvalue weighted by Gasteiger charge is -2.45. The Morgan fingerprint density at radius 3 is 2.18 bits per heavy atom. The first-order chi connectivity index (χ1) is 21.4. The summed E-state index contributed by atoms with van der Waals surface area (Å²) < 4.78 is 7.58. The minimum Gasteiger partial charge on any atom is -0.404 e. The number of fused-ring (bicyclic) bond motifs is 2.